The molecule has 234 valence electrons. The zero-order chi connectivity index (χ0) is 33.0. The van der Waals surface area contributed by atoms with Crippen molar-refractivity contribution in [3.8, 4) is 22.3 Å². The molecule has 1 aromatic heterocycles. The summed E-state index contributed by atoms with van der Waals surface area (Å²) in [5.74, 6) is 0. The SMILES string of the molecule is c1ccc(-c2ccc(N(c3ccc(-c4cccc5oc6ccccc6c45)cc3)c3ccc4ccc5ccc6ccccc6c5c4c3)cc2)cc1. The highest BCUT2D eigenvalue weighted by atomic mass is 16.3. The van der Waals surface area contributed by atoms with Gasteiger partial charge in [0.1, 0.15) is 11.2 Å². The Kier molecular flexibility index (Phi) is 6.53. The third kappa shape index (κ3) is 4.65. The molecule has 0 saturated heterocycles. The second-order valence-corrected chi connectivity index (χ2v) is 12.9. The first kappa shape index (κ1) is 28.4. The van der Waals surface area contributed by atoms with Crippen molar-refractivity contribution in [3.05, 3.63) is 188 Å². The number of para-hydroxylation sites is 1. The summed E-state index contributed by atoms with van der Waals surface area (Å²) >= 11 is 0. The van der Waals surface area contributed by atoms with E-state index in [0.717, 1.165) is 44.6 Å². The topological polar surface area (TPSA) is 16.4 Å². The molecule has 0 aliphatic rings. The fourth-order valence-corrected chi connectivity index (χ4v) is 7.64. The molecule has 0 amide bonds. The zero-order valence-electron chi connectivity index (χ0n) is 27.3. The van der Waals surface area contributed by atoms with Crippen LogP contribution in [0.4, 0.5) is 17.1 Å². The van der Waals surface area contributed by atoms with Crippen LogP contribution >= 0.6 is 0 Å². The maximum absolute atomic E-state index is 6.22. The van der Waals surface area contributed by atoms with Crippen LogP contribution in [0, 0.1) is 0 Å². The van der Waals surface area contributed by atoms with Crippen molar-refractivity contribution in [3.63, 3.8) is 0 Å². The predicted molar refractivity (Wildman–Crippen MR) is 212 cm³/mol. The Labute approximate surface area is 290 Å². The van der Waals surface area contributed by atoms with Crippen molar-refractivity contribution in [2.24, 2.45) is 0 Å². The summed E-state index contributed by atoms with van der Waals surface area (Å²) in [5.41, 5.74) is 9.85. The van der Waals surface area contributed by atoms with Gasteiger partial charge in [0.25, 0.3) is 0 Å². The Morgan fingerprint density at radius 3 is 1.66 bits per heavy atom. The van der Waals surface area contributed by atoms with Crippen LogP contribution in [0.1, 0.15) is 0 Å². The molecule has 0 aliphatic carbocycles. The van der Waals surface area contributed by atoms with E-state index < -0.39 is 0 Å². The van der Waals surface area contributed by atoms with Crippen LogP contribution in [-0.2, 0) is 0 Å². The van der Waals surface area contributed by atoms with Crippen molar-refractivity contribution in [2.45, 2.75) is 0 Å². The number of fused-ring (bicyclic) bond motifs is 8. The molecule has 0 atom stereocenters. The summed E-state index contributed by atoms with van der Waals surface area (Å²) in [6.45, 7) is 0. The molecule has 1 heterocycles. The smallest absolute Gasteiger partial charge is 0.136 e. The minimum absolute atomic E-state index is 0.906. The maximum Gasteiger partial charge on any atom is 0.136 e. The van der Waals surface area contributed by atoms with Gasteiger partial charge >= 0.3 is 0 Å². The lowest BCUT2D eigenvalue weighted by Crippen LogP contribution is -2.10. The number of anilines is 3. The molecule has 0 aliphatic heterocycles. The van der Waals surface area contributed by atoms with E-state index in [-0.39, 0.29) is 0 Å². The standard InChI is InChI=1S/C48H31NO/c1-2-9-32(10-3-1)33-21-26-38(27-22-33)49(40-30-25-36-18-20-37-19-17-34-11-4-5-12-41(34)47(37)44(36)31-40)39-28-23-35(24-29-39)42-14-8-16-46-48(42)43-13-6-7-15-45(43)50-46/h1-31H. The van der Waals surface area contributed by atoms with Crippen LogP contribution in [0.15, 0.2) is 192 Å². The zero-order valence-corrected chi connectivity index (χ0v) is 27.3. The minimum Gasteiger partial charge on any atom is -0.456 e. The molecule has 0 saturated carbocycles. The fourth-order valence-electron chi connectivity index (χ4n) is 7.64. The third-order valence-electron chi connectivity index (χ3n) is 10.0. The van der Waals surface area contributed by atoms with E-state index >= 15 is 0 Å². The van der Waals surface area contributed by atoms with Crippen LogP contribution in [0.2, 0.25) is 0 Å². The van der Waals surface area contributed by atoms with Gasteiger partial charge in [-0.15, -0.1) is 0 Å². The van der Waals surface area contributed by atoms with Gasteiger partial charge in [0.2, 0.25) is 0 Å². The quantitative estimate of drug-likeness (QED) is 0.175. The van der Waals surface area contributed by atoms with E-state index in [9.17, 15) is 0 Å². The number of furan rings is 1. The summed E-state index contributed by atoms with van der Waals surface area (Å²) in [4.78, 5) is 2.37. The number of benzene rings is 9. The third-order valence-corrected chi connectivity index (χ3v) is 10.0. The molecule has 0 fully saturated rings. The van der Waals surface area contributed by atoms with Gasteiger partial charge in [0, 0.05) is 27.8 Å². The van der Waals surface area contributed by atoms with Crippen molar-refractivity contribution >= 4 is 71.3 Å². The summed E-state index contributed by atoms with van der Waals surface area (Å²) in [7, 11) is 0. The Bertz CT molecular complexity index is 2840. The van der Waals surface area contributed by atoms with Crippen LogP contribution in [0.3, 0.4) is 0 Å². The predicted octanol–water partition coefficient (Wildman–Crippen LogP) is 13.8. The molecule has 2 nitrogen and oxygen atoms in total. The van der Waals surface area contributed by atoms with E-state index in [4.69, 9.17) is 4.42 Å². The molecule has 0 bridgehead atoms. The summed E-state index contributed by atoms with van der Waals surface area (Å²) in [6, 6.07) is 67.6. The molecule has 10 rings (SSSR count). The molecule has 50 heavy (non-hydrogen) atoms. The van der Waals surface area contributed by atoms with Crippen molar-refractivity contribution in [2.75, 3.05) is 4.90 Å². The van der Waals surface area contributed by atoms with E-state index in [1.807, 2.05) is 12.1 Å². The lowest BCUT2D eigenvalue weighted by Gasteiger charge is -2.26. The normalized spacial score (nSPS) is 11.6. The van der Waals surface area contributed by atoms with E-state index in [1.165, 1.54) is 49.0 Å². The largest absolute Gasteiger partial charge is 0.456 e. The molecule has 2 heteroatoms. The average molecular weight is 638 g/mol. The fraction of sp³-hybridized carbons (Fsp3) is 0. The van der Waals surface area contributed by atoms with Crippen molar-refractivity contribution in [1.82, 2.24) is 0 Å². The molecule has 0 spiro atoms. The second-order valence-electron chi connectivity index (χ2n) is 12.9. The monoisotopic (exact) mass is 637 g/mol. The highest BCUT2D eigenvalue weighted by molar-refractivity contribution is 6.21. The molecule has 0 N–H and O–H groups in total. The van der Waals surface area contributed by atoms with Gasteiger partial charge in [0.05, 0.1) is 0 Å². The van der Waals surface area contributed by atoms with Gasteiger partial charge in [-0.2, -0.15) is 0 Å². The number of rotatable bonds is 5. The first-order valence-corrected chi connectivity index (χ1v) is 17.1. The maximum atomic E-state index is 6.22. The molecular weight excluding hydrogens is 607 g/mol. The average Bonchev–Trinajstić information content (AvgIpc) is 3.58. The van der Waals surface area contributed by atoms with Gasteiger partial charge < -0.3 is 9.32 Å². The van der Waals surface area contributed by atoms with Crippen LogP contribution < -0.4 is 4.90 Å². The Hall–Kier alpha value is -6.64. The molecule has 9 aromatic carbocycles. The Morgan fingerprint density at radius 1 is 0.320 bits per heavy atom. The van der Waals surface area contributed by atoms with Gasteiger partial charge in [-0.05, 0) is 103 Å². The van der Waals surface area contributed by atoms with E-state index in [0.29, 0.717) is 0 Å². The highest BCUT2D eigenvalue weighted by Crippen LogP contribution is 2.42. The first-order chi connectivity index (χ1) is 24.8. The number of hydrogen-bond donors (Lipinski definition) is 0. The van der Waals surface area contributed by atoms with E-state index in [2.05, 4.69) is 181 Å². The van der Waals surface area contributed by atoms with Crippen LogP contribution in [0.25, 0.3) is 76.5 Å². The molecular formula is C48H31NO. The van der Waals surface area contributed by atoms with Crippen molar-refractivity contribution < 1.29 is 4.42 Å². The summed E-state index contributed by atoms with van der Waals surface area (Å²) in [5, 5.41) is 9.83. The minimum atomic E-state index is 0.906. The van der Waals surface area contributed by atoms with Gasteiger partial charge in [-0.1, -0.05) is 140 Å². The molecule has 0 radical (unpaired) electrons. The Morgan fingerprint density at radius 2 is 0.880 bits per heavy atom. The summed E-state index contributed by atoms with van der Waals surface area (Å²) in [6.07, 6.45) is 0. The first-order valence-electron chi connectivity index (χ1n) is 17.1. The lowest BCUT2D eigenvalue weighted by atomic mass is 9.96. The second kappa shape index (κ2) is 11.5. The van der Waals surface area contributed by atoms with Gasteiger partial charge in [-0.25, -0.2) is 0 Å². The van der Waals surface area contributed by atoms with Gasteiger partial charge in [0.15, 0.2) is 0 Å². The highest BCUT2D eigenvalue weighted by Gasteiger charge is 2.17. The van der Waals surface area contributed by atoms with E-state index in [1.54, 1.807) is 0 Å². The Balaban J connectivity index is 1.15. The number of hydrogen-bond acceptors (Lipinski definition) is 2. The summed E-state index contributed by atoms with van der Waals surface area (Å²) < 4.78 is 6.22. The van der Waals surface area contributed by atoms with Crippen molar-refractivity contribution in [1.29, 1.82) is 0 Å². The lowest BCUT2D eigenvalue weighted by molar-refractivity contribution is 0.669. The van der Waals surface area contributed by atoms with Crippen LogP contribution in [0.5, 0.6) is 0 Å². The number of nitrogens with zero attached hydrogens (tertiary/aromatic N) is 1. The van der Waals surface area contributed by atoms with Crippen LogP contribution in [-0.4, -0.2) is 0 Å². The van der Waals surface area contributed by atoms with Gasteiger partial charge in [-0.3, -0.25) is 0 Å². The molecule has 0 unspecified atom stereocenters. The molecule has 10 aromatic rings.